The van der Waals surface area contributed by atoms with Crippen molar-refractivity contribution in [3.63, 3.8) is 0 Å². The van der Waals surface area contributed by atoms with Crippen molar-refractivity contribution in [3.8, 4) is 11.5 Å². The second-order valence-corrected chi connectivity index (χ2v) is 7.87. The Balaban J connectivity index is 1.90. The molecule has 28 heavy (non-hydrogen) atoms. The highest BCUT2D eigenvalue weighted by molar-refractivity contribution is 7.92. The van der Waals surface area contributed by atoms with Gasteiger partial charge in [0.15, 0.2) is 18.1 Å². The third-order valence-electron chi connectivity index (χ3n) is 3.69. The largest absolute Gasteiger partial charge is 0.493 e. The van der Waals surface area contributed by atoms with Gasteiger partial charge in [0, 0.05) is 12.2 Å². The molecule has 8 heteroatoms. The van der Waals surface area contributed by atoms with Crippen LogP contribution in [-0.2, 0) is 27.8 Å². The Morgan fingerprint density at radius 1 is 1.14 bits per heavy atom. The first-order chi connectivity index (χ1) is 13.3. The quantitative estimate of drug-likeness (QED) is 0.594. The Morgan fingerprint density at radius 2 is 1.93 bits per heavy atom. The lowest BCUT2D eigenvalue weighted by atomic mass is 10.1. The smallest absolute Gasteiger partial charge is 0.258 e. The van der Waals surface area contributed by atoms with Crippen LogP contribution in [0, 0.1) is 0 Å². The minimum Gasteiger partial charge on any atom is -0.493 e. The van der Waals surface area contributed by atoms with Crippen molar-refractivity contribution in [2.75, 3.05) is 24.7 Å². The third kappa shape index (κ3) is 6.96. The highest BCUT2D eigenvalue weighted by Crippen LogP contribution is 2.28. The summed E-state index contributed by atoms with van der Waals surface area (Å²) in [4.78, 5) is 12.1. The van der Waals surface area contributed by atoms with E-state index < -0.39 is 10.0 Å². The monoisotopic (exact) mass is 404 g/mol. The third-order valence-corrected chi connectivity index (χ3v) is 4.29. The molecule has 0 saturated carbocycles. The average molecular weight is 404 g/mol. The number of amides is 1. The van der Waals surface area contributed by atoms with Gasteiger partial charge in [0.25, 0.3) is 5.91 Å². The highest BCUT2D eigenvalue weighted by atomic mass is 32.2. The molecule has 0 radical (unpaired) electrons. The molecule has 1 amide bonds. The van der Waals surface area contributed by atoms with Crippen molar-refractivity contribution in [1.82, 2.24) is 5.32 Å². The summed E-state index contributed by atoms with van der Waals surface area (Å²) in [6.45, 7) is 3.78. The minimum atomic E-state index is -3.35. The molecule has 0 atom stereocenters. The van der Waals surface area contributed by atoms with Gasteiger partial charge >= 0.3 is 0 Å². The molecule has 0 bridgehead atoms. The molecule has 0 aromatic heterocycles. The maximum atomic E-state index is 12.1. The summed E-state index contributed by atoms with van der Waals surface area (Å²) in [7, 11) is -1.81. The van der Waals surface area contributed by atoms with E-state index in [9.17, 15) is 13.2 Å². The van der Waals surface area contributed by atoms with Gasteiger partial charge in [0.1, 0.15) is 0 Å². The molecule has 2 rings (SSSR count). The summed E-state index contributed by atoms with van der Waals surface area (Å²) in [5.74, 6) is 0.718. The fraction of sp³-hybridized carbons (Fsp3) is 0.250. The van der Waals surface area contributed by atoms with Gasteiger partial charge in [-0.2, -0.15) is 0 Å². The number of rotatable bonds is 10. The van der Waals surface area contributed by atoms with Gasteiger partial charge in [0.05, 0.1) is 13.4 Å². The maximum absolute atomic E-state index is 12.1. The number of carbonyl (C=O) groups is 1. The lowest BCUT2D eigenvalue weighted by Crippen LogP contribution is -2.28. The Hall–Kier alpha value is -3.00. The zero-order valence-electron chi connectivity index (χ0n) is 15.9. The van der Waals surface area contributed by atoms with Crippen LogP contribution in [0.1, 0.15) is 11.1 Å². The first kappa shape index (κ1) is 21.3. The Kier molecular flexibility index (Phi) is 7.45. The van der Waals surface area contributed by atoms with Gasteiger partial charge in [-0.3, -0.25) is 9.52 Å². The normalized spacial score (nSPS) is 10.8. The van der Waals surface area contributed by atoms with Gasteiger partial charge < -0.3 is 14.8 Å². The summed E-state index contributed by atoms with van der Waals surface area (Å²) in [6.07, 6.45) is 3.59. The zero-order valence-corrected chi connectivity index (χ0v) is 16.7. The van der Waals surface area contributed by atoms with E-state index in [-0.39, 0.29) is 19.1 Å². The number of allylic oxidation sites excluding steroid dienone is 1. The first-order valence-corrected chi connectivity index (χ1v) is 10.4. The fourth-order valence-corrected chi connectivity index (χ4v) is 3.03. The summed E-state index contributed by atoms with van der Waals surface area (Å²) < 4.78 is 35.8. The van der Waals surface area contributed by atoms with Crippen molar-refractivity contribution in [1.29, 1.82) is 0 Å². The number of nitrogens with one attached hydrogen (secondary N) is 2. The first-order valence-electron chi connectivity index (χ1n) is 8.55. The van der Waals surface area contributed by atoms with E-state index >= 15 is 0 Å². The number of sulfonamides is 1. The molecule has 0 aliphatic heterocycles. The number of methoxy groups -OCH3 is 1. The lowest BCUT2D eigenvalue weighted by Gasteiger charge is -2.12. The van der Waals surface area contributed by atoms with E-state index in [2.05, 4.69) is 16.6 Å². The molecule has 150 valence electrons. The molecule has 0 aliphatic rings. The number of carbonyl (C=O) groups excluding carboxylic acids is 1. The zero-order chi connectivity index (χ0) is 20.6. The number of hydrogen-bond acceptors (Lipinski definition) is 5. The lowest BCUT2D eigenvalue weighted by molar-refractivity contribution is -0.123. The van der Waals surface area contributed by atoms with Crippen molar-refractivity contribution in [3.05, 3.63) is 66.2 Å². The van der Waals surface area contributed by atoms with E-state index in [1.165, 1.54) is 7.11 Å². The topological polar surface area (TPSA) is 93.7 Å². The molecule has 2 aromatic rings. The minimum absolute atomic E-state index is 0.168. The van der Waals surface area contributed by atoms with Crippen LogP contribution >= 0.6 is 0 Å². The molecule has 0 saturated heterocycles. The van der Waals surface area contributed by atoms with Crippen LogP contribution in [0.3, 0.4) is 0 Å². The summed E-state index contributed by atoms with van der Waals surface area (Å²) >= 11 is 0. The Labute approximate surface area is 165 Å². The SMILES string of the molecule is C=CCc1ccc(OCC(=O)NCc2cccc(NS(C)(=O)=O)c2)c(OC)c1. The molecular formula is C20H24N2O5S. The van der Waals surface area contributed by atoms with Gasteiger partial charge in [-0.1, -0.05) is 24.3 Å². The van der Waals surface area contributed by atoms with Crippen LogP contribution in [0.4, 0.5) is 5.69 Å². The number of benzene rings is 2. The average Bonchev–Trinajstić information content (AvgIpc) is 2.64. The van der Waals surface area contributed by atoms with Crippen LogP contribution in [0.25, 0.3) is 0 Å². The van der Waals surface area contributed by atoms with Crippen molar-refractivity contribution in [2.45, 2.75) is 13.0 Å². The predicted molar refractivity (Wildman–Crippen MR) is 109 cm³/mol. The Morgan fingerprint density at radius 3 is 2.61 bits per heavy atom. The van der Waals surface area contributed by atoms with Crippen molar-refractivity contribution >= 4 is 21.6 Å². The van der Waals surface area contributed by atoms with Crippen LogP contribution in [0.15, 0.2) is 55.1 Å². The van der Waals surface area contributed by atoms with Gasteiger partial charge in [0.2, 0.25) is 10.0 Å². The molecule has 0 aliphatic carbocycles. The molecule has 0 spiro atoms. The molecule has 0 fully saturated rings. The predicted octanol–water partition coefficient (Wildman–Crippen LogP) is 2.49. The Bertz CT molecular complexity index is 941. The highest BCUT2D eigenvalue weighted by Gasteiger charge is 2.09. The van der Waals surface area contributed by atoms with Crippen LogP contribution in [0.5, 0.6) is 11.5 Å². The van der Waals surface area contributed by atoms with Gasteiger partial charge in [-0.15, -0.1) is 6.58 Å². The molecule has 0 unspecified atom stereocenters. The standard InChI is InChI=1S/C20H24N2O5S/c1-4-6-15-9-10-18(19(12-15)26-2)27-14-20(23)21-13-16-7-5-8-17(11-16)22-28(3,24)25/h4-5,7-12,22H,1,6,13-14H2,2-3H3,(H,21,23). The van der Waals surface area contributed by atoms with Crippen molar-refractivity contribution in [2.24, 2.45) is 0 Å². The summed E-state index contributed by atoms with van der Waals surface area (Å²) in [6, 6.07) is 12.3. The van der Waals surface area contributed by atoms with Crippen LogP contribution < -0.4 is 19.5 Å². The van der Waals surface area contributed by atoms with Crippen LogP contribution in [0.2, 0.25) is 0 Å². The molecule has 7 nitrogen and oxygen atoms in total. The maximum Gasteiger partial charge on any atom is 0.258 e. The van der Waals surface area contributed by atoms with E-state index in [4.69, 9.17) is 9.47 Å². The number of hydrogen-bond donors (Lipinski definition) is 2. The van der Waals surface area contributed by atoms with Crippen LogP contribution in [-0.4, -0.2) is 34.3 Å². The second-order valence-electron chi connectivity index (χ2n) is 6.12. The van der Waals surface area contributed by atoms with E-state index in [1.54, 1.807) is 36.4 Å². The van der Waals surface area contributed by atoms with Gasteiger partial charge in [-0.05, 0) is 41.8 Å². The van der Waals surface area contributed by atoms with E-state index in [1.807, 2.05) is 12.1 Å². The van der Waals surface area contributed by atoms with Crippen molar-refractivity contribution < 1.29 is 22.7 Å². The van der Waals surface area contributed by atoms with Gasteiger partial charge in [-0.25, -0.2) is 8.42 Å². The molecule has 2 N–H and O–H groups in total. The van der Waals surface area contributed by atoms with E-state index in [0.29, 0.717) is 23.6 Å². The number of ether oxygens (including phenoxy) is 2. The number of anilines is 1. The molecule has 2 aromatic carbocycles. The summed E-state index contributed by atoms with van der Waals surface area (Å²) in [5.41, 5.74) is 2.23. The second kappa shape index (κ2) is 9.80. The molecular weight excluding hydrogens is 380 g/mol. The molecule has 0 heterocycles. The fourth-order valence-electron chi connectivity index (χ4n) is 2.48. The van der Waals surface area contributed by atoms with E-state index in [0.717, 1.165) is 17.4 Å². The summed E-state index contributed by atoms with van der Waals surface area (Å²) in [5, 5.41) is 2.73.